The maximum absolute atomic E-state index is 10.8. The van der Waals surface area contributed by atoms with Gasteiger partial charge in [-0.05, 0) is 12.5 Å². The molecule has 0 saturated carbocycles. The highest BCUT2D eigenvalue weighted by Gasteiger charge is 2.16. The topological polar surface area (TPSA) is 58.1 Å². The molecule has 16 heavy (non-hydrogen) atoms. The zero-order valence-corrected chi connectivity index (χ0v) is 11.3. The van der Waals surface area contributed by atoms with E-state index in [4.69, 9.17) is 0 Å². The molecule has 0 bridgehead atoms. The summed E-state index contributed by atoms with van der Waals surface area (Å²) in [7, 11) is 3.46. The molecule has 0 radical (unpaired) electrons. The zero-order valence-electron chi connectivity index (χ0n) is 9.64. The van der Waals surface area contributed by atoms with Gasteiger partial charge in [0, 0.05) is 14.1 Å². The Morgan fingerprint density at radius 1 is 1.31 bits per heavy atom. The fraction of sp³-hybridized carbons (Fsp3) is 0.444. The lowest BCUT2D eigenvalue weighted by molar-refractivity contribution is -0.107. The van der Waals surface area contributed by atoms with Gasteiger partial charge in [0.1, 0.15) is 10.7 Å². The molecule has 0 aliphatic carbocycles. The van der Waals surface area contributed by atoms with Gasteiger partial charge in [-0.1, -0.05) is 11.8 Å². The van der Waals surface area contributed by atoms with Gasteiger partial charge in [-0.15, -0.1) is 11.8 Å². The summed E-state index contributed by atoms with van der Waals surface area (Å²) in [6.07, 6.45) is 4.59. The minimum absolute atomic E-state index is 0.665. The molecule has 0 fully saturated rings. The first kappa shape index (κ1) is 13.1. The monoisotopic (exact) mass is 258 g/mol. The molecule has 0 unspecified atom stereocenters. The second kappa shape index (κ2) is 5.95. The summed E-state index contributed by atoms with van der Waals surface area (Å²) in [6, 6.07) is 0. The lowest BCUT2D eigenvalue weighted by atomic mass is 10.4. The Morgan fingerprint density at radius 2 is 2.00 bits per heavy atom. The van der Waals surface area contributed by atoms with Gasteiger partial charge in [-0.2, -0.15) is 0 Å². The molecule has 1 aromatic rings. The Kier molecular flexibility index (Phi) is 4.88. The Hall–Kier alpha value is -0.950. The predicted molar refractivity (Wildman–Crippen MR) is 69.6 cm³/mol. The van der Waals surface area contributed by atoms with Gasteiger partial charge in [-0.25, -0.2) is 9.97 Å². The summed E-state index contributed by atoms with van der Waals surface area (Å²) in [5, 5.41) is 4.46. The second-order valence-corrected chi connectivity index (χ2v) is 4.45. The van der Waals surface area contributed by atoms with Crippen LogP contribution in [0.3, 0.4) is 0 Å². The van der Waals surface area contributed by atoms with Crippen LogP contribution in [-0.2, 0) is 4.79 Å². The summed E-state index contributed by atoms with van der Waals surface area (Å²) < 4.78 is 0. The summed E-state index contributed by atoms with van der Waals surface area (Å²) in [6.45, 7) is 0. The number of aromatic nitrogens is 2. The highest BCUT2D eigenvalue weighted by molar-refractivity contribution is 7.99. The van der Waals surface area contributed by atoms with Crippen molar-refractivity contribution in [2.75, 3.05) is 36.8 Å². The van der Waals surface area contributed by atoms with Gasteiger partial charge in [0.05, 0.1) is 0 Å². The molecule has 0 aliphatic heterocycles. The first-order valence-corrected chi connectivity index (χ1v) is 6.98. The Morgan fingerprint density at radius 3 is 2.44 bits per heavy atom. The van der Waals surface area contributed by atoms with Crippen molar-refractivity contribution < 1.29 is 4.79 Å². The number of carbonyl (C=O) groups is 1. The van der Waals surface area contributed by atoms with Crippen LogP contribution in [0, 0.1) is 0 Å². The van der Waals surface area contributed by atoms with Crippen LogP contribution < -0.4 is 10.2 Å². The van der Waals surface area contributed by atoms with E-state index in [1.807, 2.05) is 12.5 Å². The molecule has 5 nitrogen and oxygen atoms in total. The zero-order chi connectivity index (χ0) is 12.1. The van der Waals surface area contributed by atoms with E-state index < -0.39 is 0 Å². The van der Waals surface area contributed by atoms with Gasteiger partial charge in [0.25, 0.3) is 0 Å². The normalized spacial score (nSPS) is 10.0. The number of nitrogens with zero attached hydrogens (tertiary/aromatic N) is 3. The third kappa shape index (κ3) is 2.59. The third-order valence-corrected chi connectivity index (χ3v) is 3.17. The summed E-state index contributed by atoms with van der Waals surface area (Å²) >= 11 is 2.97. The molecule has 0 saturated heterocycles. The maximum atomic E-state index is 10.8. The van der Waals surface area contributed by atoms with Crippen molar-refractivity contribution in [3.63, 3.8) is 0 Å². The minimum Gasteiger partial charge on any atom is -0.371 e. The molecule has 1 aromatic heterocycles. The van der Waals surface area contributed by atoms with Gasteiger partial charge in [0.15, 0.2) is 11.0 Å². The van der Waals surface area contributed by atoms with Crippen LogP contribution in [0.25, 0.3) is 0 Å². The van der Waals surface area contributed by atoms with Gasteiger partial charge < -0.3 is 10.2 Å². The molecule has 0 aliphatic rings. The second-order valence-electron chi connectivity index (χ2n) is 2.88. The Labute approximate surface area is 103 Å². The standard InChI is InChI=1S/C9H14N4OS2/c1-10-7-6(13(2)5-14)8(15-3)12-9(11-7)16-4/h5H,1-4H3,(H,10,11,12). The quantitative estimate of drug-likeness (QED) is 0.374. The molecular formula is C9H14N4OS2. The van der Waals surface area contributed by atoms with Crippen molar-refractivity contribution in [3.8, 4) is 0 Å². The molecule has 1 rings (SSSR count). The highest BCUT2D eigenvalue weighted by Crippen LogP contribution is 2.33. The first-order valence-electron chi connectivity index (χ1n) is 4.53. The summed E-state index contributed by atoms with van der Waals surface area (Å²) in [4.78, 5) is 21.0. The van der Waals surface area contributed by atoms with E-state index in [1.54, 1.807) is 14.1 Å². The number of hydrogen-bond donors (Lipinski definition) is 1. The van der Waals surface area contributed by atoms with E-state index in [2.05, 4.69) is 15.3 Å². The third-order valence-electron chi connectivity index (χ3n) is 1.96. The molecule has 0 atom stereocenters. The molecule has 1 heterocycles. The average molecular weight is 258 g/mol. The van der Waals surface area contributed by atoms with Crippen LogP contribution in [0.1, 0.15) is 0 Å². The average Bonchev–Trinajstić information content (AvgIpc) is 2.35. The minimum atomic E-state index is 0.665. The molecule has 0 aromatic carbocycles. The van der Waals surface area contributed by atoms with Crippen LogP contribution in [-0.4, -0.2) is 43.0 Å². The van der Waals surface area contributed by atoms with E-state index in [0.29, 0.717) is 16.7 Å². The first-order chi connectivity index (χ1) is 7.67. The largest absolute Gasteiger partial charge is 0.371 e. The van der Waals surface area contributed by atoms with Crippen LogP contribution >= 0.6 is 23.5 Å². The van der Waals surface area contributed by atoms with E-state index >= 15 is 0 Å². The van der Waals surface area contributed by atoms with Crippen LogP contribution in [0.2, 0.25) is 0 Å². The maximum Gasteiger partial charge on any atom is 0.214 e. The van der Waals surface area contributed by atoms with Crippen molar-refractivity contribution in [1.29, 1.82) is 0 Å². The summed E-state index contributed by atoms with van der Waals surface area (Å²) in [5.41, 5.74) is 0.711. The van der Waals surface area contributed by atoms with Gasteiger partial charge in [-0.3, -0.25) is 4.79 Å². The van der Waals surface area contributed by atoms with Crippen LogP contribution in [0.5, 0.6) is 0 Å². The Bertz CT molecular complexity index is 361. The number of carbonyl (C=O) groups excluding carboxylic acids is 1. The number of thioether (sulfide) groups is 2. The van der Waals surface area contributed by atoms with Crippen molar-refractivity contribution in [2.24, 2.45) is 0 Å². The highest BCUT2D eigenvalue weighted by atomic mass is 32.2. The SMILES string of the molecule is CNc1nc(SC)nc(SC)c1N(C)C=O. The van der Waals surface area contributed by atoms with Crippen molar-refractivity contribution in [3.05, 3.63) is 0 Å². The molecule has 0 spiro atoms. The van der Waals surface area contributed by atoms with Crippen LogP contribution in [0.15, 0.2) is 10.2 Å². The van der Waals surface area contributed by atoms with Crippen molar-refractivity contribution in [2.45, 2.75) is 10.2 Å². The number of rotatable bonds is 5. The molecule has 1 N–H and O–H groups in total. The fourth-order valence-corrected chi connectivity index (χ4v) is 2.23. The Balaban J connectivity index is 3.36. The molecular weight excluding hydrogens is 244 g/mol. The van der Waals surface area contributed by atoms with E-state index in [-0.39, 0.29) is 0 Å². The van der Waals surface area contributed by atoms with Crippen molar-refractivity contribution >= 4 is 41.4 Å². The number of hydrogen-bond acceptors (Lipinski definition) is 6. The van der Waals surface area contributed by atoms with Gasteiger partial charge in [0.2, 0.25) is 6.41 Å². The molecule has 7 heteroatoms. The molecule has 88 valence electrons. The summed E-state index contributed by atoms with van der Waals surface area (Å²) in [5.74, 6) is 0.665. The van der Waals surface area contributed by atoms with Gasteiger partial charge >= 0.3 is 0 Å². The molecule has 1 amide bonds. The van der Waals surface area contributed by atoms with E-state index in [1.165, 1.54) is 28.4 Å². The van der Waals surface area contributed by atoms with E-state index in [0.717, 1.165) is 11.4 Å². The van der Waals surface area contributed by atoms with Crippen LogP contribution in [0.4, 0.5) is 11.5 Å². The number of anilines is 2. The van der Waals surface area contributed by atoms with E-state index in [9.17, 15) is 4.79 Å². The van der Waals surface area contributed by atoms with Crippen molar-refractivity contribution in [1.82, 2.24) is 9.97 Å². The fourth-order valence-electron chi connectivity index (χ4n) is 1.19. The predicted octanol–water partition coefficient (Wildman–Crippen LogP) is 1.55. The smallest absolute Gasteiger partial charge is 0.214 e. The lowest BCUT2D eigenvalue weighted by Gasteiger charge is -2.18. The number of nitrogens with one attached hydrogen (secondary N) is 1. The number of amides is 1. The lowest BCUT2D eigenvalue weighted by Crippen LogP contribution is -2.18.